The van der Waals surface area contributed by atoms with Crippen molar-refractivity contribution in [2.75, 3.05) is 45.5 Å². The van der Waals surface area contributed by atoms with Gasteiger partial charge in [0.15, 0.2) is 0 Å². The summed E-state index contributed by atoms with van der Waals surface area (Å²) in [5.74, 6) is 0.281. The molecule has 1 aromatic rings. The molecule has 146 valence electrons. The van der Waals surface area contributed by atoms with Crippen molar-refractivity contribution in [3.05, 3.63) is 35.9 Å². The molecule has 0 aliphatic carbocycles. The third kappa shape index (κ3) is 6.70. The summed E-state index contributed by atoms with van der Waals surface area (Å²) in [4.78, 5) is 16.7. The summed E-state index contributed by atoms with van der Waals surface area (Å²) < 4.78 is 25.2. The second-order valence-electron chi connectivity index (χ2n) is 7.41. The van der Waals surface area contributed by atoms with E-state index in [9.17, 15) is 13.2 Å². The maximum Gasteiger partial charge on any atom is 0.223 e. The zero-order valence-corrected chi connectivity index (χ0v) is 16.9. The van der Waals surface area contributed by atoms with E-state index in [0.717, 1.165) is 19.6 Å². The van der Waals surface area contributed by atoms with Gasteiger partial charge in [-0.2, -0.15) is 0 Å². The number of carbonyl (C=O) groups excluding carboxylic acids is 1. The lowest BCUT2D eigenvalue weighted by Gasteiger charge is -2.35. The first-order chi connectivity index (χ1) is 12.3. The Hall–Kier alpha value is -1.44. The third-order valence-electron chi connectivity index (χ3n) is 4.59. The maximum absolute atomic E-state index is 12.5. The molecule has 1 aromatic carbocycles. The molecule has 0 bridgehead atoms. The molecule has 1 saturated heterocycles. The quantitative estimate of drug-likeness (QED) is 0.687. The number of rotatable bonds is 8. The number of sulfonamides is 1. The van der Waals surface area contributed by atoms with E-state index < -0.39 is 10.0 Å². The molecular weight excluding hydrogens is 350 g/mol. The molecule has 1 heterocycles. The van der Waals surface area contributed by atoms with Gasteiger partial charge in [0.05, 0.1) is 6.26 Å². The highest BCUT2D eigenvalue weighted by atomic mass is 32.2. The molecule has 0 N–H and O–H groups in total. The highest BCUT2D eigenvalue weighted by molar-refractivity contribution is 7.88. The van der Waals surface area contributed by atoms with Crippen LogP contribution in [-0.4, -0.2) is 74.0 Å². The lowest BCUT2D eigenvalue weighted by Crippen LogP contribution is -2.49. The van der Waals surface area contributed by atoms with Gasteiger partial charge in [-0.15, -0.1) is 0 Å². The lowest BCUT2D eigenvalue weighted by atomic mass is 10.2. The minimum absolute atomic E-state index is 0.0433. The summed E-state index contributed by atoms with van der Waals surface area (Å²) >= 11 is 0. The minimum Gasteiger partial charge on any atom is -0.340 e. The van der Waals surface area contributed by atoms with E-state index in [1.807, 2.05) is 36.9 Å². The number of hydrogen-bond donors (Lipinski definition) is 0. The molecule has 0 unspecified atom stereocenters. The molecule has 1 amide bonds. The van der Waals surface area contributed by atoms with Crippen LogP contribution >= 0.6 is 0 Å². The Bertz CT molecular complexity index is 669. The average molecular weight is 382 g/mol. The van der Waals surface area contributed by atoms with Crippen LogP contribution in [0.2, 0.25) is 0 Å². The predicted molar refractivity (Wildman–Crippen MR) is 104 cm³/mol. The Labute approximate surface area is 157 Å². The van der Waals surface area contributed by atoms with Crippen molar-refractivity contribution >= 4 is 15.9 Å². The lowest BCUT2D eigenvalue weighted by molar-refractivity contribution is -0.133. The molecule has 6 nitrogen and oxygen atoms in total. The average Bonchev–Trinajstić information content (AvgIpc) is 2.58. The van der Waals surface area contributed by atoms with E-state index in [1.165, 1.54) is 16.1 Å². The summed E-state index contributed by atoms with van der Waals surface area (Å²) in [6, 6.07) is 10.3. The fraction of sp³-hybridized carbons (Fsp3) is 0.632. The molecule has 0 atom stereocenters. The van der Waals surface area contributed by atoms with Crippen LogP contribution in [0.1, 0.15) is 25.8 Å². The van der Waals surface area contributed by atoms with Gasteiger partial charge in [-0.3, -0.25) is 9.69 Å². The van der Waals surface area contributed by atoms with Crippen molar-refractivity contribution in [2.45, 2.75) is 26.8 Å². The number of nitrogens with zero attached hydrogens (tertiary/aromatic N) is 3. The van der Waals surface area contributed by atoms with Gasteiger partial charge in [-0.05, 0) is 11.5 Å². The van der Waals surface area contributed by atoms with Crippen LogP contribution in [0.15, 0.2) is 30.3 Å². The van der Waals surface area contributed by atoms with Gasteiger partial charge >= 0.3 is 0 Å². The molecule has 0 radical (unpaired) electrons. The van der Waals surface area contributed by atoms with E-state index in [-0.39, 0.29) is 24.8 Å². The number of amides is 1. The van der Waals surface area contributed by atoms with Gasteiger partial charge in [-0.1, -0.05) is 44.2 Å². The van der Waals surface area contributed by atoms with E-state index in [1.54, 1.807) is 0 Å². The second kappa shape index (κ2) is 9.48. The summed E-state index contributed by atoms with van der Waals surface area (Å²) in [6.45, 7) is 8.68. The van der Waals surface area contributed by atoms with Crippen LogP contribution in [0.3, 0.4) is 0 Å². The smallest absolute Gasteiger partial charge is 0.223 e. The SMILES string of the molecule is CC(C)CN(CCC(=O)N1CCN(Cc2ccccc2)CC1)S(C)(=O)=O. The number of piperazine rings is 1. The normalized spacial score (nSPS) is 16.4. The standard InChI is InChI=1S/C19H31N3O3S/c1-17(2)15-22(26(3,24)25)10-9-19(23)21-13-11-20(12-14-21)16-18-7-5-4-6-8-18/h4-8,17H,9-16H2,1-3H3. The molecular formula is C19H31N3O3S. The van der Waals surface area contributed by atoms with Crippen LogP contribution in [0.25, 0.3) is 0 Å². The van der Waals surface area contributed by atoms with Crippen LogP contribution in [0.5, 0.6) is 0 Å². The molecule has 26 heavy (non-hydrogen) atoms. The van der Waals surface area contributed by atoms with Gasteiger partial charge in [-0.25, -0.2) is 12.7 Å². The van der Waals surface area contributed by atoms with Crippen molar-refractivity contribution in [1.29, 1.82) is 0 Å². The first-order valence-corrected chi connectivity index (χ1v) is 11.1. The fourth-order valence-electron chi connectivity index (χ4n) is 3.18. The fourth-order valence-corrected chi connectivity index (χ4v) is 4.17. The Morgan fingerprint density at radius 3 is 2.27 bits per heavy atom. The topological polar surface area (TPSA) is 60.9 Å². The zero-order chi connectivity index (χ0) is 19.2. The molecule has 7 heteroatoms. The molecule has 1 aliphatic heterocycles. The van der Waals surface area contributed by atoms with Crippen molar-refractivity contribution < 1.29 is 13.2 Å². The minimum atomic E-state index is -3.28. The van der Waals surface area contributed by atoms with Gasteiger partial charge in [0, 0.05) is 52.2 Å². The van der Waals surface area contributed by atoms with Crippen LogP contribution in [0.4, 0.5) is 0 Å². The molecule has 2 rings (SSSR count). The monoisotopic (exact) mass is 381 g/mol. The van der Waals surface area contributed by atoms with E-state index in [2.05, 4.69) is 17.0 Å². The van der Waals surface area contributed by atoms with Gasteiger partial charge in [0.25, 0.3) is 0 Å². The van der Waals surface area contributed by atoms with Gasteiger partial charge in [0.1, 0.15) is 0 Å². The van der Waals surface area contributed by atoms with Crippen molar-refractivity contribution in [3.8, 4) is 0 Å². The predicted octanol–water partition coefficient (Wildman–Crippen LogP) is 1.64. The van der Waals surface area contributed by atoms with Gasteiger partial charge < -0.3 is 4.90 Å². The summed E-state index contributed by atoms with van der Waals surface area (Å²) in [5, 5.41) is 0. The first-order valence-electron chi connectivity index (χ1n) is 9.25. The third-order valence-corrected chi connectivity index (χ3v) is 5.86. The first kappa shape index (κ1) is 20.9. The zero-order valence-electron chi connectivity index (χ0n) is 16.1. The van der Waals surface area contributed by atoms with Crippen molar-refractivity contribution in [3.63, 3.8) is 0 Å². The maximum atomic E-state index is 12.5. The van der Waals surface area contributed by atoms with Crippen molar-refractivity contribution in [1.82, 2.24) is 14.1 Å². The van der Waals surface area contributed by atoms with Crippen LogP contribution in [-0.2, 0) is 21.4 Å². The highest BCUT2D eigenvalue weighted by Gasteiger charge is 2.24. The second-order valence-corrected chi connectivity index (χ2v) is 9.39. The largest absolute Gasteiger partial charge is 0.340 e. The van der Waals surface area contributed by atoms with E-state index in [0.29, 0.717) is 19.6 Å². The highest BCUT2D eigenvalue weighted by Crippen LogP contribution is 2.11. The van der Waals surface area contributed by atoms with E-state index in [4.69, 9.17) is 0 Å². The molecule has 1 aliphatic rings. The Morgan fingerprint density at radius 2 is 1.73 bits per heavy atom. The number of hydrogen-bond acceptors (Lipinski definition) is 4. The molecule has 1 fully saturated rings. The van der Waals surface area contributed by atoms with Crippen LogP contribution in [0, 0.1) is 5.92 Å². The Balaban J connectivity index is 1.78. The Kier molecular flexibility index (Phi) is 7.61. The summed E-state index contributed by atoms with van der Waals surface area (Å²) in [6.07, 6.45) is 1.46. The van der Waals surface area contributed by atoms with Crippen molar-refractivity contribution in [2.24, 2.45) is 5.92 Å². The summed E-state index contributed by atoms with van der Waals surface area (Å²) in [7, 11) is -3.28. The van der Waals surface area contributed by atoms with Gasteiger partial charge in [0.2, 0.25) is 15.9 Å². The molecule has 0 saturated carbocycles. The van der Waals surface area contributed by atoms with Crippen LogP contribution < -0.4 is 0 Å². The number of benzene rings is 1. The molecule has 0 spiro atoms. The number of carbonyl (C=O) groups is 1. The summed E-state index contributed by atoms with van der Waals surface area (Å²) in [5.41, 5.74) is 1.28. The molecule has 0 aromatic heterocycles. The Morgan fingerprint density at radius 1 is 1.12 bits per heavy atom. The van der Waals surface area contributed by atoms with E-state index >= 15 is 0 Å².